The maximum atomic E-state index is 11.9. The van der Waals surface area contributed by atoms with Gasteiger partial charge < -0.3 is 25.6 Å². The Morgan fingerprint density at radius 2 is 1.87 bits per heavy atom. The molecule has 126 valence electrons. The minimum Gasteiger partial charge on any atom is -0.507 e. The number of amides is 1. The van der Waals surface area contributed by atoms with Crippen molar-refractivity contribution in [1.82, 2.24) is 5.32 Å². The van der Waals surface area contributed by atoms with Crippen LogP contribution in [0, 0.1) is 5.41 Å². The van der Waals surface area contributed by atoms with Gasteiger partial charge in [0.1, 0.15) is 11.3 Å². The van der Waals surface area contributed by atoms with Crippen molar-refractivity contribution in [3.63, 3.8) is 0 Å². The molecule has 1 aromatic carbocycles. The Bertz CT molecular complexity index is 582. The lowest BCUT2D eigenvalue weighted by atomic mass is 9.75. The highest BCUT2D eigenvalue weighted by Crippen LogP contribution is 2.24. The van der Waals surface area contributed by atoms with Crippen LogP contribution in [0.4, 0.5) is 0 Å². The molecular weight excluding hydrogens is 301 g/mol. The van der Waals surface area contributed by atoms with Gasteiger partial charge in [0.2, 0.25) is 5.91 Å². The smallest absolute Gasteiger partial charge is 0.475 e. The Hall–Kier alpha value is -2.06. The van der Waals surface area contributed by atoms with Crippen molar-refractivity contribution in [2.45, 2.75) is 39.6 Å². The largest absolute Gasteiger partial charge is 0.507 e. The summed E-state index contributed by atoms with van der Waals surface area (Å²) in [7, 11) is -1.84. The van der Waals surface area contributed by atoms with Crippen LogP contribution in [0.5, 0.6) is 5.75 Å². The van der Waals surface area contributed by atoms with Crippen LogP contribution in [0.3, 0.4) is 0 Å². The zero-order valence-electron chi connectivity index (χ0n) is 13.4. The van der Waals surface area contributed by atoms with Crippen LogP contribution in [0.1, 0.15) is 43.1 Å². The van der Waals surface area contributed by atoms with Gasteiger partial charge >= 0.3 is 13.1 Å². The lowest BCUT2D eigenvalue weighted by Gasteiger charge is -2.22. The van der Waals surface area contributed by atoms with Crippen molar-refractivity contribution >= 4 is 19.0 Å². The van der Waals surface area contributed by atoms with Gasteiger partial charge in [-0.3, -0.25) is 4.79 Å². The predicted octanol–water partition coefficient (Wildman–Crippen LogP) is 0.566. The first-order valence-electron chi connectivity index (χ1n) is 7.21. The number of aromatic carboxylic acids is 1. The molecule has 0 unspecified atom stereocenters. The third-order valence-corrected chi connectivity index (χ3v) is 3.19. The lowest BCUT2D eigenvalue weighted by Crippen LogP contribution is -2.48. The number of hydrogen-bond acceptors (Lipinski definition) is 5. The fourth-order valence-corrected chi connectivity index (χ4v) is 2.14. The monoisotopic (exact) mass is 323 g/mol. The van der Waals surface area contributed by atoms with Gasteiger partial charge in [-0.15, -0.1) is 0 Å². The molecule has 0 spiro atoms. The second-order valence-corrected chi connectivity index (χ2v) is 6.65. The molecule has 8 heteroatoms. The van der Waals surface area contributed by atoms with E-state index in [4.69, 9.17) is 5.11 Å². The van der Waals surface area contributed by atoms with Crippen LogP contribution in [0.15, 0.2) is 18.2 Å². The van der Waals surface area contributed by atoms with Gasteiger partial charge in [0, 0.05) is 6.42 Å². The van der Waals surface area contributed by atoms with Gasteiger partial charge in [0.25, 0.3) is 0 Å². The van der Waals surface area contributed by atoms with E-state index in [9.17, 15) is 24.7 Å². The third-order valence-electron chi connectivity index (χ3n) is 3.19. The highest BCUT2D eigenvalue weighted by Gasteiger charge is 2.28. The molecule has 0 bridgehead atoms. The Morgan fingerprint density at radius 1 is 1.26 bits per heavy atom. The highest BCUT2D eigenvalue weighted by atomic mass is 16.4. The normalized spacial score (nSPS) is 12.6. The van der Waals surface area contributed by atoms with E-state index < -0.39 is 24.8 Å². The molecule has 23 heavy (non-hydrogen) atoms. The molecule has 0 heterocycles. The predicted molar refractivity (Wildman–Crippen MR) is 85.0 cm³/mol. The van der Waals surface area contributed by atoms with Crippen LogP contribution >= 0.6 is 0 Å². The molecule has 1 aromatic rings. The molecule has 0 fully saturated rings. The number of benzene rings is 1. The molecule has 0 aliphatic heterocycles. The van der Waals surface area contributed by atoms with E-state index in [0.29, 0.717) is 0 Å². The third kappa shape index (κ3) is 5.92. The van der Waals surface area contributed by atoms with Crippen molar-refractivity contribution in [1.29, 1.82) is 0 Å². The van der Waals surface area contributed by atoms with Crippen LogP contribution in [0.25, 0.3) is 0 Å². The molecule has 0 radical (unpaired) electrons. The molecule has 7 nitrogen and oxygen atoms in total. The second kappa shape index (κ2) is 7.48. The van der Waals surface area contributed by atoms with E-state index in [1.807, 2.05) is 20.8 Å². The van der Waals surface area contributed by atoms with Crippen LogP contribution < -0.4 is 5.32 Å². The fourth-order valence-electron chi connectivity index (χ4n) is 2.14. The van der Waals surface area contributed by atoms with E-state index in [1.165, 1.54) is 18.2 Å². The summed E-state index contributed by atoms with van der Waals surface area (Å²) in [5, 5.41) is 40.3. The summed E-state index contributed by atoms with van der Waals surface area (Å²) in [5.74, 6) is -3.15. The van der Waals surface area contributed by atoms with E-state index in [-0.39, 0.29) is 35.3 Å². The maximum Gasteiger partial charge on any atom is 0.475 e. The minimum atomic E-state index is -1.84. The summed E-state index contributed by atoms with van der Waals surface area (Å²) in [6, 6.07) is 4.15. The van der Waals surface area contributed by atoms with Crippen LogP contribution in [0.2, 0.25) is 0 Å². The zero-order valence-corrected chi connectivity index (χ0v) is 13.4. The minimum absolute atomic E-state index is 0.111. The molecule has 0 aliphatic carbocycles. The number of aromatic hydroxyl groups is 1. The summed E-state index contributed by atoms with van der Waals surface area (Å²) < 4.78 is 0. The molecule has 0 aromatic heterocycles. The number of carbonyl (C=O) groups excluding carboxylic acids is 1. The topological polar surface area (TPSA) is 127 Å². The van der Waals surface area contributed by atoms with E-state index >= 15 is 0 Å². The SMILES string of the molecule is CC(C)(C)CC(=O)N[C@@H](Cc1cccc(C(=O)O)c1O)B(O)O. The number of nitrogens with one attached hydrogen (secondary N) is 1. The highest BCUT2D eigenvalue weighted by molar-refractivity contribution is 6.43. The maximum absolute atomic E-state index is 11.9. The van der Waals surface area contributed by atoms with Gasteiger partial charge in [-0.1, -0.05) is 32.9 Å². The molecule has 0 saturated carbocycles. The van der Waals surface area contributed by atoms with Crippen LogP contribution in [-0.4, -0.2) is 45.2 Å². The van der Waals surface area contributed by atoms with Gasteiger partial charge in [-0.2, -0.15) is 0 Å². The van der Waals surface area contributed by atoms with Gasteiger partial charge in [-0.25, -0.2) is 4.79 Å². The molecular formula is C15H22BNO6. The number of carboxylic acids is 1. The first-order chi connectivity index (χ1) is 10.5. The average Bonchev–Trinajstić information content (AvgIpc) is 2.37. The Morgan fingerprint density at radius 3 is 2.35 bits per heavy atom. The van der Waals surface area contributed by atoms with Crippen LogP contribution in [-0.2, 0) is 11.2 Å². The number of rotatable bonds is 6. The van der Waals surface area contributed by atoms with E-state index in [1.54, 1.807) is 0 Å². The van der Waals surface area contributed by atoms with Crippen molar-refractivity contribution in [2.24, 2.45) is 5.41 Å². The lowest BCUT2D eigenvalue weighted by molar-refractivity contribution is -0.123. The van der Waals surface area contributed by atoms with Crippen molar-refractivity contribution in [3.8, 4) is 5.75 Å². The summed E-state index contributed by atoms with van der Waals surface area (Å²) in [5.41, 5.74) is -0.339. The average molecular weight is 323 g/mol. The van der Waals surface area contributed by atoms with Gasteiger partial charge in [0.15, 0.2) is 0 Å². The summed E-state index contributed by atoms with van der Waals surface area (Å²) in [4.78, 5) is 22.9. The zero-order chi connectivity index (χ0) is 17.8. The molecule has 0 aliphatic rings. The van der Waals surface area contributed by atoms with Crippen molar-refractivity contribution in [2.75, 3.05) is 0 Å². The first-order valence-corrected chi connectivity index (χ1v) is 7.21. The Balaban J connectivity index is 2.91. The number of hydrogen-bond donors (Lipinski definition) is 5. The quantitative estimate of drug-likeness (QED) is 0.487. The standard InChI is InChI=1S/C15H22BNO6/c1-15(2,3)8-12(18)17-11(16(22)23)7-9-5-4-6-10(13(9)19)14(20)21/h4-6,11,19,22-23H,7-8H2,1-3H3,(H,17,18)(H,20,21)/t11-/m0/s1. The molecule has 0 saturated heterocycles. The molecule has 5 N–H and O–H groups in total. The van der Waals surface area contributed by atoms with E-state index in [0.717, 1.165) is 0 Å². The summed E-state index contributed by atoms with van der Waals surface area (Å²) in [6.07, 6.45) is 0.0812. The first kappa shape index (κ1) is 19.0. The number of phenols is 1. The molecule has 1 atom stereocenters. The number of para-hydroxylation sites is 1. The fraction of sp³-hybridized carbons (Fsp3) is 0.467. The van der Waals surface area contributed by atoms with Crippen molar-refractivity contribution < 1.29 is 29.9 Å². The van der Waals surface area contributed by atoms with E-state index in [2.05, 4.69) is 5.32 Å². The summed E-state index contributed by atoms with van der Waals surface area (Å²) >= 11 is 0. The number of carboxylic acid groups (broad SMARTS) is 1. The molecule has 1 rings (SSSR count). The van der Waals surface area contributed by atoms with Gasteiger partial charge in [0.05, 0.1) is 5.94 Å². The number of carbonyl (C=O) groups is 2. The Kier molecular flexibility index (Phi) is 6.17. The van der Waals surface area contributed by atoms with Crippen molar-refractivity contribution in [3.05, 3.63) is 29.3 Å². The second-order valence-electron chi connectivity index (χ2n) is 6.65. The van der Waals surface area contributed by atoms with Gasteiger partial charge in [-0.05, 0) is 23.5 Å². The Labute approximate surface area is 135 Å². The summed E-state index contributed by atoms with van der Waals surface area (Å²) in [6.45, 7) is 5.62. The molecule has 1 amide bonds.